The van der Waals surface area contributed by atoms with Crippen molar-refractivity contribution in [3.63, 3.8) is 0 Å². The second-order valence-corrected chi connectivity index (χ2v) is 6.05. The third-order valence-corrected chi connectivity index (χ3v) is 3.58. The van der Waals surface area contributed by atoms with Crippen molar-refractivity contribution in [1.29, 1.82) is 5.26 Å². The van der Waals surface area contributed by atoms with Crippen LogP contribution in [-0.2, 0) is 11.3 Å². The van der Waals surface area contributed by atoms with Gasteiger partial charge in [-0.25, -0.2) is 0 Å². The summed E-state index contributed by atoms with van der Waals surface area (Å²) in [6.45, 7) is 6.11. The minimum absolute atomic E-state index is 0.0340. The zero-order valence-corrected chi connectivity index (χ0v) is 12.0. The van der Waals surface area contributed by atoms with Gasteiger partial charge in [-0.2, -0.15) is 5.26 Å². The molecule has 0 aliphatic carbocycles. The summed E-state index contributed by atoms with van der Waals surface area (Å²) < 4.78 is 6.01. The Bertz CT molecular complexity index is 476. The lowest BCUT2D eigenvalue weighted by Crippen LogP contribution is -2.30. The van der Waals surface area contributed by atoms with Gasteiger partial charge in [0.2, 0.25) is 0 Å². The van der Waals surface area contributed by atoms with Crippen LogP contribution in [0.1, 0.15) is 37.8 Å². The summed E-state index contributed by atoms with van der Waals surface area (Å²) in [6, 6.07) is 9.98. The molecule has 1 heterocycles. The fraction of sp³-hybridized carbons (Fsp3) is 0.562. The van der Waals surface area contributed by atoms with Crippen molar-refractivity contribution in [2.75, 3.05) is 13.6 Å². The van der Waals surface area contributed by atoms with Gasteiger partial charge < -0.3 is 4.74 Å². The Hall–Kier alpha value is -1.37. The molecule has 102 valence electrons. The zero-order valence-electron chi connectivity index (χ0n) is 12.0. The smallest absolute Gasteiger partial charge is 0.0991 e. The van der Waals surface area contributed by atoms with E-state index in [4.69, 9.17) is 10.00 Å². The molecule has 2 rings (SSSR count). The first-order valence-electron chi connectivity index (χ1n) is 6.84. The van der Waals surface area contributed by atoms with Gasteiger partial charge >= 0.3 is 0 Å². The van der Waals surface area contributed by atoms with E-state index in [1.807, 2.05) is 18.2 Å². The van der Waals surface area contributed by atoms with E-state index in [9.17, 15) is 0 Å². The molecule has 1 aromatic rings. The summed E-state index contributed by atoms with van der Waals surface area (Å²) in [5.74, 6) is 0. The van der Waals surface area contributed by atoms with E-state index in [0.717, 1.165) is 31.5 Å². The van der Waals surface area contributed by atoms with Crippen molar-refractivity contribution in [2.45, 2.75) is 44.9 Å². The molecule has 1 unspecified atom stereocenters. The second kappa shape index (κ2) is 5.73. The number of benzene rings is 1. The first-order valence-corrected chi connectivity index (χ1v) is 6.84. The van der Waals surface area contributed by atoms with Crippen LogP contribution in [0.2, 0.25) is 0 Å². The molecule has 1 atom stereocenters. The summed E-state index contributed by atoms with van der Waals surface area (Å²) in [7, 11) is 2.10. The van der Waals surface area contributed by atoms with Crippen LogP contribution in [0.4, 0.5) is 0 Å². The molecule has 1 aromatic carbocycles. The van der Waals surface area contributed by atoms with Crippen molar-refractivity contribution in [2.24, 2.45) is 0 Å². The van der Waals surface area contributed by atoms with Crippen molar-refractivity contribution in [3.8, 4) is 6.07 Å². The van der Waals surface area contributed by atoms with E-state index in [1.165, 1.54) is 5.56 Å². The Labute approximate surface area is 115 Å². The molecule has 3 heteroatoms. The molecule has 0 amide bonds. The maximum Gasteiger partial charge on any atom is 0.0991 e. The van der Waals surface area contributed by atoms with Gasteiger partial charge in [-0.05, 0) is 51.4 Å². The fourth-order valence-corrected chi connectivity index (χ4v) is 2.67. The number of nitriles is 1. The SMILES string of the molecule is CN(Cc1cccc(C#N)c1)CC1CCC(C)(C)O1. The first kappa shape index (κ1) is 14.0. The van der Waals surface area contributed by atoms with Crippen LogP contribution in [0.3, 0.4) is 0 Å². The van der Waals surface area contributed by atoms with Crippen molar-refractivity contribution in [1.82, 2.24) is 4.90 Å². The molecular formula is C16H22N2O. The molecule has 1 saturated heterocycles. The van der Waals surface area contributed by atoms with Gasteiger partial charge in [-0.15, -0.1) is 0 Å². The van der Waals surface area contributed by atoms with Gasteiger partial charge in [-0.1, -0.05) is 12.1 Å². The average Bonchev–Trinajstić information content (AvgIpc) is 2.68. The maximum absolute atomic E-state index is 8.90. The zero-order chi connectivity index (χ0) is 13.9. The van der Waals surface area contributed by atoms with Gasteiger partial charge in [0.25, 0.3) is 0 Å². The monoisotopic (exact) mass is 258 g/mol. The molecule has 0 N–H and O–H groups in total. The summed E-state index contributed by atoms with van der Waals surface area (Å²) >= 11 is 0. The number of hydrogen-bond acceptors (Lipinski definition) is 3. The van der Waals surface area contributed by atoms with Gasteiger partial charge in [0.15, 0.2) is 0 Å². The van der Waals surface area contributed by atoms with Crippen molar-refractivity contribution in [3.05, 3.63) is 35.4 Å². The van der Waals surface area contributed by atoms with Gasteiger partial charge in [-0.3, -0.25) is 4.90 Å². The minimum atomic E-state index is 0.0340. The van der Waals surface area contributed by atoms with E-state index in [-0.39, 0.29) is 5.60 Å². The Morgan fingerprint density at radius 3 is 2.89 bits per heavy atom. The van der Waals surface area contributed by atoms with E-state index >= 15 is 0 Å². The summed E-state index contributed by atoms with van der Waals surface area (Å²) in [6.07, 6.45) is 2.60. The maximum atomic E-state index is 8.90. The van der Waals surface area contributed by atoms with Crippen LogP contribution in [0.15, 0.2) is 24.3 Å². The van der Waals surface area contributed by atoms with Crippen molar-refractivity contribution >= 4 is 0 Å². The predicted molar refractivity (Wildman–Crippen MR) is 75.7 cm³/mol. The molecule has 0 radical (unpaired) electrons. The quantitative estimate of drug-likeness (QED) is 0.833. The minimum Gasteiger partial charge on any atom is -0.371 e. The highest BCUT2D eigenvalue weighted by molar-refractivity contribution is 5.32. The second-order valence-electron chi connectivity index (χ2n) is 6.05. The molecule has 1 aliphatic heterocycles. The molecule has 3 nitrogen and oxygen atoms in total. The number of likely N-dealkylation sites (N-methyl/N-ethyl adjacent to an activating group) is 1. The Kier molecular flexibility index (Phi) is 4.24. The van der Waals surface area contributed by atoms with Crippen LogP contribution in [0.25, 0.3) is 0 Å². The highest BCUT2D eigenvalue weighted by Gasteiger charge is 2.31. The molecule has 0 aromatic heterocycles. The third-order valence-electron chi connectivity index (χ3n) is 3.58. The molecule has 0 saturated carbocycles. The average molecular weight is 258 g/mol. The number of nitrogens with zero attached hydrogens (tertiary/aromatic N) is 2. The molecular weight excluding hydrogens is 236 g/mol. The van der Waals surface area contributed by atoms with Gasteiger partial charge in [0.1, 0.15) is 0 Å². The van der Waals surface area contributed by atoms with Gasteiger partial charge in [0, 0.05) is 13.1 Å². The normalized spacial score (nSPS) is 21.5. The predicted octanol–water partition coefficient (Wildman–Crippen LogP) is 2.95. The third kappa shape index (κ3) is 4.05. The first-order chi connectivity index (χ1) is 8.98. The highest BCUT2D eigenvalue weighted by atomic mass is 16.5. The fourth-order valence-electron chi connectivity index (χ4n) is 2.67. The largest absolute Gasteiger partial charge is 0.371 e. The van der Waals surface area contributed by atoms with Crippen LogP contribution in [0, 0.1) is 11.3 Å². The molecule has 1 aliphatic rings. The Morgan fingerprint density at radius 1 is 1.47 bits per heavy atom. The van der Waals surface area contributed by atoms with Crippen molar-refractivity contribution < 1.29 is 4.74 Å². The van der Waals surface area contributed by atoms with Crippen LogP contribution >= 0.6 is 0 Å². The number of ether oxygens (including phenoxy) is 1. The van der Waals surface area contributed by atoms with Crippen LogP contribution < -0.4 is 0 Å². The van der Waals surface area contributed by atoms with E-state index in [2.05, 4.69) is 37.9 Å². The number of rotatable bonds is 4. The highest BCUT2D eigenvalue weighted by Crippen LogP contribution is 2.29. The summed E-state index contributed by atoms with van der Waals surface area (Å²) in [5, 5.41) is 8.90. The van der Waals surface area contributed by atoms with Gasteiger partial charge in [0.05, 0.1) is 23.3 Å². The van der Waals surface area contributed by atoms with E-state index in [1.54, 1.807) is 0 Å². The topological polar surface area (TPSA) is 36.3 Å². The standard InChI is InChI=1S/C16H22N2O/c1-16(2)8-7-15(19-16)12-18(3)11-14-6-4-5-13(9-14)10-17/h4-6,9,15H,7-8,11-12H2,1-3H3. The molecule has 0 bridgehead atoms. The lowest BCUT2D eigenvalue weighted by atomic mass is 10.1. The lowest BCUT2D eigenvalue weighted by Gasteiger charge is -2.23. The molecule has 19 heavy (non-hydrogen) atoms. The van der Waals surface area contributed by atoms with E-state index < -0.39 is 0 Å². The molecule has 0 spiro atoms. The molecule has 1 fully saturated rings. The lowest BCUT2D eigenvalue weighted by molar-refractivity contribution is -0.0267. The van der Waals surface area contributed by atoms with Crippen LogP contribution in [-0.4, -0.2) is 30.2 Å². The number of hydrogen-bond donors (Lipinski definition) is 0. The van der Waals surface area contributed by atoms with Crippen LogP contribution in [0.5, 0.6) is 0 Å². The summed E-state index contributed by atoms with van der Waals surface area (Å²) in [4.78, 5) is 2.27. The Morgan fingerprint density at radius 2 is 2.26 bits per heavy atom. The Balaban J connectivity index is 1.87. The summed E-state index contributed by atoms with van der Waals surface area (Å²) in [5.41, 5.74) is 1.94. The van der Waals surface area contributed by atoms with E-state index in [0.29, 0.717) is 6.10 Å².